The molecular weight excluding hydrogens is 258 g/mol. The molecule has 0 atom stereocenters. The third kappa shape index (κ3) is 3.19. The van der Waals surface area contributed by atoms with E-state index >= 15 is 0 Å². The largest absolute Gasteiger partial charge is 0.326 e. The van der Waals surface area contributed by atoms with Crippen molar-refractivity contribution in [3.05, 3.63) is 46.0 Å². The van der Waals surface area contributed by atoms with Crippen LogP contribution in [-0.4, -0.2) is 10.9 Å². The number of nitrogens with zero attached hydrogens (tertiary/aromatic N) is 1. The lowest BCUT2D eigenvalue weighted by Gasteiger charge is -2.02. The van der Waals surface area contributed by atoms with E-state index in [2.05, 4.69) is 17.2 Å². The number of nitrogens with one attached hydrogen (secondary N) is 1. The fraction of sp³-hybridized carbons (Fsp3) is 0.286. The zero-order valence-corrected chi connectivity index (χ0v) is 11.9. The van der Waals surface area contributed by atoms with Gasteiger partial charge in [0, 0.05) is 17.0 Å². The third-order valence-corrected chi connectivity index (χ3v) is 3.83. The fourth-order valence-electron chi connectivity index (χ4n) is 1.77. The monoisotopic (exact) mass is 275 g/mol. The Morgan fingerprint density at radius 3 is 2.58 bits per heavy atom. The van der Waals surface area contributed by atoms with Crippen LogP contribution in [0.1, 0.15) is 33.4 Å². The molecule has 2 aromatic rings. The summed E-state index contributed by atoms with van der Waals surface area (Å²) in [6.45, 7) is 4.55. The predicted molar refractivity (Wildman–Crippen MR) is 78.5 cm³/mol. The highest BCUT2D eigenvalue weighted by Crippen LogP contribution is 2.22. The number of hydrogen-bond acceptors (Lipinski definition) is 4. The smallest absolute Gasteiger partial charge is 0.257 e. The Hall–Kier alpha value is -1.72. The molecule has 0 aliphatic carbocycles. The quantitative estimate of drug-likeness (QED) is 0.901. The van der Waals surface area contributed by atoms with Crippen LogP contribution in [0.25, 0.3) is 0 Å². The van der Waals surface area contributed by atoms with Crippen LogP contribution in [0.5, 0.6) is 0 Å². The van der Waals surface area contributed by atoms with Gasteiger partial charge in [0.1, 0.15) is 0 Å². The minimum Gasteiger partial charge on any atom is -0.326 e. The number of amides is 1. The third-order valence-electron chi connectivity index (χ3n) is 2.90. The van der Waals surface area contributed by atoms with Crippen molar-refractivity contribution >= 4 is 22.4 Å². The Labute approximate surface area is 116 Å². The van der Waals surface area contributed by atoms with Gasteiger partial charge in [-0.1, -0.05) is 19.1 Å². The summed E-state index contributed by atoms with van der Waals surface area (Å²) in [5.74, 6) is -0.139. The molecule has 0 saturated heterocycles. The Kier molecular flexibility index (Phi) is 4.29. The molecule has 0 saturated carbocycles. The van der Waals surface area contributed by atoms with Gasteiger partial charge in [-0.15, -0.1) is 11.3 Å². The Morgan fingerprint density at radius 1 is 1.37 bits per heavy atom. The summed E-state index contributed by atoms with van der Waals surface area (Å²) in [6, 6.07) is 7.27. The molecule has 1 aromatic carbocycles. The molecule has 0 unspecified atom stereocenters. The second-order valence-electron chi connectivity index (χ2n) is 4.23. The van der Waals surface area contributed by atoms with Crippen molar-refractivity contribution in [1.29, 1.82) is 0 Å². The van der Waals surface area contributed by atoms with Crippen LogP contribution in [0.15, 0.2) is 24.3 Å². The summed E-state index contributed by atoms with van der Waals surface area (Å²) in [7, 11) is 0. The standard InChI is InChI=1S/C14H17N3OS/c1-3-12-9(2)19-14(16-12)17-13(18)11-6-4-10(8-15)5-7-11/h4-7H,3,8,15H2,1-2H3,(H,16,17,18). The molecule has 1 heterocycles. The number of benzene rings is 1. The van der Waals surface area contributed by atoms with E-state index in [0.717, 1.165) is 22.6 Å². The molecule has 2 rings (SSSR count). The molecule has 0 aliphatic heterocycles. The zero-order chi connectivity index (χ0) is 13.8. The minimum atomic E-state index is -0.139. The SMILES string of the molecule is CCc1nc(NC(=O)c2ccc(CN)cc2)sc1C. The summed E-state index contributed by atoms with van der Waals surface area (Å²) < 4.78 is 0. The number of nitrogens with two attached hydrogens (primary N) is 1. The van der Waals surface area contributed by atoms with Gasteiger partial charge in [-0.2, -0.15) is 0 Å². The molecule has 5 heteroatoms. The van der Waals surface area contributed by atoms with Gasteiger partial charge < -0.3 is 5.73 Å². The van der Waals surface area contributed by atoms with Gasteiger partial charge >= 0.3 is 0 Å². The van der Waals surface area contributed by atoms with E-state index in [9.17, 15) is 4.79 Å². The van der Waals surface area contributed by atoms with E-state index in [1.165, 1.54) is 11.3 Å². The number of aromatic nitrogens is 1. The molecule has 0 spiro atoms. The summed E-state index contributed by atoms with van der Waals surface area (Å²) >= 11 is 1.51. The highest BCUT2D eigenvalue weighted by atomic mass is 32.1. The number of hydrogen-bond donors (Lipinski definition) is 2. The highest BCUT2D eigenvalue weighted by molar-refractivity contribution is 7.15. The van der Waals surface area contributed by atoms with E-state index in [0.29, 0.717) is 17.2 Å². The second-order valence-corrected chi connectivity index (χ2v) is 5.43. The first-order chi connectivity index (χ1) is 9.13. The number of carbonyl (C=O) groups is 1. The lowest BCUT2D eigenvalue weighted by Crippen LogP contribution is -2.11. The maximum atomic E-state index is 12.0. The molecule has 0 aliphatic rings. The molecule has 0 bridgehead atoms. The maximum Gasteiger partial charge on any atom is 0.257 e. The molecular formula is C14H17N3OS. The van der Waals surface area contributed by atoms with Gasteiger partial charge in [-0.3, -0.25) is 10.1 Å². The lowest BCUT2D eigenvalue weighted by atomic mass is 10.1. The van der Waals surface area contributed by atoms with Crippen molar-refractivity contribution in [2.75, 3.05) is 5.32 Å². The van der Waals surface area contributed by atoms with E-state index in [1.807, 2.05) is 19.1 Å². The number of thiazole rings is 1. The summed E-state index contributed by atoms with van der Waals surface area (Å²) in [6.07, 6.45) is 0.878. The van der Waals surface area contributed by atoms with Crippen molar-refractivity contribution in [3.63, 3.8) is 0 Å². The Bertz CT molecular complexity index is 575. The van der Waals surface area contributed by atoms with Crippen LogP contribution in [0, 0.1) is 6.92 Å². The number of aryl methyl sites for hydroxylation is 2. The van der Waals surface area contributed by atoms with Crippen molar-refractivity contribution in [3.8, 4) is 0 Å². The Morgan fingerprint density at radius 2 is 2.05 bits per heavy atom. The van der Waals surface area contributed by atoms with E-state index < -0.39 is 0 Å². The van der Waals surface area contributed by atoms with Crippen LogP contribution < -0.4 is 11.1 Å². The molecule has 1 amide bonds. The van der Waals surface area contributed by atoms with E-state index in [-0.39, 0.29) is 5.91 Å². The van der Waals surface area contributed by atoms with E-state index in [1.54, 1.807) is 12.1 Å². The van der Waals surface area contributed by atoms with Crippen LogP contribution >= 0.6 is 11.3 Å². The predicted octanol–water partition coefficient (Wildman–Crippen LogP) is 2.72. The average molecular weight is 275 g/mol. The molecule has 0 radical (unpaired) electrons. The van der Waals surface area contributed by atoms with Crippen LogP contribution in [-0.2, 0) is 13.0 Å². The summed E-state index contributed by atoms with van der Waals surface area (Å²) in [4.78, 5) is 17.6. The second kappa shape index (κ2) is 5.95. The number of anilines is 1. The van der Waals surface area contributed by atoms with E-state index in [4.69, 9.17) is 5.73 Å². The van der Waals surface area contributed by atoms with Crippen molar-refractivity contribution in [2.24, 2.45) is 5.73 Å². The van der Waals surface area contributed by atoms with Gasteiger partial charge in [0.25, 0.3) is 5.91 Å². The van der Waals surface area contributed by atoms with Gasteiger partial charge in [0.2, 0.25) is 0 Å². The first-order valence-electron chi connectivity index (χ1n) is 6.20. The van der Waals surface area contributed by atoms with Crippen molar-refractivity contribution in [2.45, 2.75) is 26.8 Å². The average Bonchev–Trinajstić information content (AvgIpc) is 2.78. The Balaban J connectivity index is 2.11. The van der Waals surface area contributed by atoms with Gasteiger partial charge in [-0.25, -0.2) is 4.98 Å². The first kappa shape index (κ1) is 13.7. The van der Waals surface area contributed by atoms with Crippen LogP contribution in [0.2, 0.25) is 0 Å². The van der Waals surface area contributed by atoms with Gasteiger partial charge in [0.15, 0.2) is 5.13 Å². The topological polar surface area (TPSA) is 68.0 Å². The van der Waals surface area contributed by atoms with Crippen molar-refractivity contribution in [1.82, 2.24) is 4.98 Å². The normalized spacial score (nSPS) is 10.5. The van der Waals surface area contributed by atoms with Crippen LogP contribution in [0.3, 0.4) is 0 Å². The molecule has 100 valence electrons. The fourth-order valence-corrected chi connectivity index (χ4v) is 2.67. The summed E-state index contributed by atoms with van der Waals surface area (Å²) in [5, 5.41) is 3.48. The molecule has 1 aromatic heterocycles. The number of rotatable bonds is 4. The molecule has 4 nitrogen and oxygen atoms in total. The highest BCUT2D eigenvalue weighted by Gasteiger charge is 2.10. The first-order valence-corrected chi connectivity index (χ1v) is 7.02. The zero-order valence-electron chi connectivity index (χ0n) is 11.1. The van der Waals surface area contributed by atoms with Gasteiger partial charge in [-0.05, 0) is 31.0 Å². The van der Waals surface area contributed by atoms with Gasteiger partial charge in [0.05, 0.1) is 5.69 Å². The minimum absolute atomic E-state index is 0.139. The van der Waals surface area contributed by atoms with Crippen LogP contribution in [0.4, 0.5) is 5.13 Å². The molecule has 19 heavy (non-hydrogen) atoms. The molecule has 3 N–H and O–H groups in total. The number of carbonyl (C=O) groups excluding carboxylic acids is 1. The molecule has 0 fully saturated rings. The summed E-state index contributed by atoms with van der Waals surface area (Å²) in [5.41, 5.74) is 8.19. The lowest BCUT2D eigenvalue weighted by molar-refractivity contribution is 0.102. The maximum absolute atomic E-state index is 12.0. The van der Waals surface area contributed by atoms with Crippen molar-refractivity contribution < 1.29 is 4.79 Å².